The highest BCUT2D eigenvalue weighted by Crippen LogP contribution is 2.19. The van der Waals surface area contributed by atoms with E-state index in [1.165, 1.54) is 0 Å². The van der Waals surface area contributed by atoms with E-state index in [9.17, 15) is 0 Å². The summed E-state index contributed by atoms with van der Waals surface area (Å²) >= 11 is 6.78. The van der Waals surface area contributed by atoms with Gasteiger partial charge in [0.25, 0.3) is 0 Å². The Morgan fingerprint density at radius 3 is 2.93 bits per heavy atom. The summed E-state index contributed by atoms with van der Waals surface area (Å²) < 4.78 is 1.91. The second-order valence-electron chi connectivity index (χ2n) is 3.24. The molecule has 0 spiro atoms. The third kappa shape index (κ3) is 4.29. The molecule has 80 valence electrons. The summed E-state index contributed by atoms with van der Waals surface area (Å²) in [6.07, 6.45) is 1.76. The van der Waals surface area contributed by atoms with Crippen molar-refractivity contribution in [2.24, 2.45) is 5.92 Å². The summed E-state index contributed by atoms with van der Waals surface area (Å²) in [5, 5.41) is 11.8. The number of aromatic nitrogens is 1. The standard InChI is InChI=1S/C10H11Br2N3/c1-7(3-13)4-14-6-10-9(12)2-8(11)5-15-10/h2,5,7,14H,4,6H2,1H3. The summed E-state index contributed by atoms with van der Waals surface area (Å²) in [7, 11) is 0. The Hall–Kier alpha value is -0.440. The maximum atomic E-state index is 8.60. The van der Waals surface area contributed by atoms with Gasteiger partial charge in [0.1, 0.15) is 0 Å². The van der Waals surface area contributed by atoms with Crippen LogP contribution in [0.2, 0.25) is 0 Å². The molecule has 0 fully saturated rings. The van der Waals surface area contributed by atoms with Gasteiger partial charge >= 0.3 is 0 Å². The molecule has 1 aromatic heterocycles. The van der Waals surface area contributed by atoms with Gasteiger partial charge in [-0.25, -0.2) is 0 Å². The summed E-state index contributed by atoms with van der Waals surface area (Å²) in [5.41, 5.74) is 0.948. The lowest BCUT2D eigenvalue weighted by Gasteiger charge is -2.07. The maximum absolute atomic E-state index is 8.60. The largest absolute Gasteiger partial charge is 0.310 e. The molecule has 0 saturated heterocycles. The van der Waals surface area contributed by atoms with Crippen molar-refractivity contribution in [2.75, 3.05) is 6.54 Å². The van der Waals surface area contributed by atoms with Crippen LogP contribution in [0.1, 0.15) is 12.6 Å². The van der Waals surface area contributed by atoms with Crippen LogP contribution in [0.15, 0.2) is 21.2 Å². The third-order valence-electron chi connectivity index (χ3n) is 1.85. The Bertz CT molecular complexity index is 373. The number of pyridine rings is 1. The van der Waals surface area contributed by atoms with Gasteiger partial charge in [-0.15, -0.1) is 0 Å². The van der Waals surface area contributed by atoms with E-state index in [0.717, 1.165) is 14.6 Å². The van der Waals surface area contributed by atoms with Gasteiger partial charge in [0.15, 0.2) is 0 Å². The van der Waals surface area contributed by atoms with Crippen LogP contribution in [0.5, 0.6) is 0 Å². The minimum absolute atomic E-state index is 0.0271. The fourth-order valence-corrected chi connectivity index (χ4v) is 2.15. The maximum Gasteiger partial charge on any atom is 0.0684 e. The molecule has 1 rings (SSSR count). The van der Waals surface area contributed by atoms with E-state index in [0.29, 0.717) is 13.1 Å². The molecule has 5 heteroatoms. The van der Waals surface area contributed by atoms with Crippen molar-refractivity contribution >= 4 is 31.9 Å². The topological polar surface area (TPSA) is 48.7 Å². The molecule has 1 atom stereocenters. The van der Waals surface area contributed by atoms with Gasteiger partial charge in [0.05, 0.1) is 17.7 Å². The number of hydrogen-bond donors (Lipinski definition) is 1. The highest BCUT2D eigenvalue weighted by atomic mass is 79.9. The van der Waals surface area contributed by atoms with Gasteiger partial charge in [0, 0.05) is 28.2 Å². The van der Waals surface area contributed by atoms with E-state index in [4.69, 9.17) is 5.26 Å². The van der Waals surface area contributed by atoms with E-state index >= 15 is 0 Å². The zero-order valence-electron chi connectivity index (χ0n) is 8.30. The quantitative estimate of drug-likeness (QED) is 0.922. The molecule has 1 aromatic rings. The minimum Gasteiger partial charge on any atom is -0.310 e. The Labute approximate surface area is 106 Å². The van der Waals surface area contributed by atoms with Crippen molar-refractivity contribution in [3.05, 3.63) is 26.9 Å². The molecule has 3 nitrogen and oxygen atoms in total. The van der Waals surface area contributed by atoms with Crippen molar-refractivity contribution in [3.63, 3.8) is 0 Å². The molecule has 0 bridgehead atoms. The molecule has 0 aromatic carbocycles. The molecule has 15 heavy (non-hydrogen) atoms. The normalized spacial score (nSPS) is 12.1. The van der Waals surface area contributed by atoms with Crippen LogP contribution in [0.3, 0.4) is 0 Å². The smallest absolute Gasteiger partial charge is 0.0684 e. The van der Waals surface area contributed by atoms with Crippen LogP contribution in [-0.2, 0) is 6.54 Å². The summed E-state index contributed by atoms with van der Waals surface area (Å²) in [5.74, 6) is 0.0271. The van der Waals surface area contributed by atoms with Crippen LogP contribution in [0, 0.1) is 17.2 Å². The van der Waals surface area contributed by atoms with Crippen LogP contribution >= 0.6 is 31.9 Å². The average Bonchev–Trinajstić information content (AvgIpc) is 2.21. The van der Waals surface area contributed by atoms with E-state index in [-0.39, 0.29) is 5.92 Å². The molecule has 0 aliphatic carbocycles. The van der Waals surface area contributed by atoms with E-state index in [2.05, 4.69) is 48.2 Å². The Morgan fingerprint density at radius 1 is 1.60 bits per heavy atom. The van der Waals surface area contributed by atoms with Gasteiger partial charge in [0.2, 0.25) is 0 Å². The predicted octanol–water partition coefficient (Wildman–Crippen LogP) is 2.86. The van der Waals surface area contributed by atoms with Crippen LogP contribution < -0.4 is 5.32 Å². The molecular weight excluding hydrogens is 322 g/mol. The Kier molecular flexibility index (Phi) is 5.23. The first-order valence-corrected chi connectivity index (χ1v) is 6.12. The van der Waals surface area contributed by atoms with E-state index < -0.39 is 0 Å². The molecule has 1 N–H and O–H groups in total. The first kappa shape index (κ1) is 12.6. The van der Waals surface area contributed by atoms with Gasteiger partial charge in [-0.3, -0.25) is 4.98 Å². The molecule has 0 aliphatic rings. The monoisotopic (exact) mass is 331 g/mol. The van der Waals surface area contributed by atoms with E-state index in [1.54, 1.807) is 6.20 Å². The lowest BCUT2D eigenvalue weighted by molar-refractivity contribution is 0.594. The predicted molar refractivity (Wildman–Crippen MR) is 66.1 cm³/mol. The second-order valence-corrected chi connectivity index (χ2v) is 5.01. The molecule has 0 radical (unpaired) electrons. The SMILES string of the molecule is CC(C#N)CNCc1ncc(Br)cc1Br. The lowest BCUT2D eigenvalue weighted by atomic mass is 10.2. The fraction of sp³-hybridized carbons (Fsp3) is 0.400. The Morgan fingerprint density at radius 2 is 2.33 bits per heavy atom. The van der Waals surface area contributed by atoms with Crippen molar-refractivity contribution in [3.8, 4) is 6.07 Å². The van der Waals surface area contributed by atoms with Gasteiger partial charge in [-0.1, -0.05) is 0 Å². The molecule has 1 unspecified atom stereocenters. The van der Waals surface area contributed by atoms with Crippen molar-refractivity contribution < 1.29 is 0 Å². The van der Waals surface area contributed by atoms with Gasteiger partial charge in [-0.05, 0) is 44.8 Å². The average molecular weight is 333 g/mol. The van der Waals surface area contributed by atoms with Crippen LogP contribution in [0.25, 0.3) is 0 Å². The number of halogens is 2. The van der Waals surface area contributed by atoms with E-state index in [1.807, 2.05) is 13.0 Å². The molecule has 0 aliphatic heterocycles. The molecule has 0 saturated carbocycles. The number of nitriles is 1. The summed E-state index contributed by atoms with van der Waals surface area (Å²) in [4.78, 5) is 4.26. The first-order valence-electron chi connectivity index (χ1n) is 4.53. The van der Waals surface area contributed by atoms with Crippen molar-refractivity contribution in [1.29, 1.82) is 5.26 Å². The second kappa shape index (κ2) is 6.21. The highest BCUT2D eigenvalue weighted by molar-refractivity contribution is 9.11. The lowest BCUT2D eigenvalue weighted by Crippen LogP contribution is -2.20. The number of nitrogens with one attached hydrogen (secondary N) is 1. The number of rotatable bonds is 4. The zero-order valence-corrected chi connectivity index (χ0v) is 11.5. The number of hydrogen-bond acceptors (Lipinski definition) is 3. The van der Waals surface area contributed by atoms with Crippen LogP contribution in [-0.4, -0.2) is 11.5 Å². The summed E-state index contributed by atoms with van der Waals surface area (Å²) in [6, 6.07) is 4.13. The summed E-state index contributed by atoms with van der Waals surface area (Å²) in [6.45, 7) is 3.23. The molecular formula is C10H11Br2N3. The van der Waals surface area contributed by atoms with Crippen molar-refractivity contribution in [2.45, 2.75) is 13.5 Å². The molecule has 0 amide bonds. The zero-order chi connectivity index (χ0) is 11.3. The van der Waals surface area contributed by atoms with Crippen molar-refractivity contribution in [1.82, 2.24) is 10.3 Å². The van der Waals surface area contributed by atoms with Crippen LogP contribution in [0.4, 0.5) is 0 Å². The highest BCUT2D eigenvalue weighted by Gasteiger charge is 2.03. The number of nitrogens with zero attached hydrogens (tertiary/aromatic N) is 2. The van der Waals surface area contributed by atoms with Gasteiger partial charge in [-0.2, -0.15) is 5.26 Å². The third-order valence-corrected chi connectivity index (χ3v) is 2.97. The molecule has 1 heterocycles. The first-order chi connectivity index (χ1) is 7.13. The Balaban J connectivity index is 2.48. The minimum atomic E-state index is 0.0271. The van der Waals surface area contributed by atoms with Gasteiger partial charge < -0.3 is 5.32 Å². The fourth-order valence-electron chi connectivity index (χ4n) is 1.03.